The summed E-state index contributed by atoms with van der Waals surface area (Å²) in [6, 6.07) is 20.3. The topological polar surface area (TPSA) is 36.4 Å². The quantitative estimate of drug-likeness (QED) is 0.483. The van der Waals surface area contributed by atoms with Crippen molar-refractivity contribution < 1.29 is 0 Å². The van der Waals surface area contributed by atoms with E-state index in [1.54, 1.807) is 0 Å². The third-order valence-corrected chi connectivity index (χ3v) is 3.42. The summed E-state index contributed by atoms with van der Waals surface area (Å²) in [5.74, 6) is 0. The summed E-state index contributed by atoms with van der Waals surface area (Å²) < 4.78 is 0. The Labute approximate surface area is 137 Å². The van der Waals surface area contributed by atoms with E-state index >= 15 is 0 Å². The van der Waals surface area contributed by atoms with Gasteiger partial charge in [-0.15, -0.1) is 0 Å². The molecule has 0 unspecified atom stereocenters. The van der Waals surface area contributed by atoms with Crippen molar-refractivity contribution in [2.24, 2.45) is 5.10 Å². The molecular formula is C18H21N3S. The highest BCUT2D eigenvalue weighted by Gasteiger charge is 2.02. The summed E-state index contributed by atoms with van der Waals surface area (Å²) in [7, 11) is 0. The van der Waals surface area contributed by atoms with Crippen molar-refractivity contribution in [2.75, 3.05) is 0 Å². The molecule has 0 heterocycles. The van der Waals surface area contributed by atoms with Crippen LogP contribution in [0.4, 0.5) is 0 Å². The Hall–Kier alpha value is -2.20. The molecule has 0 saturated carbocycles. The highest BCUT2D eigenvalue weighted by molar-refractivity contribution is 7.80. The maximum Gasteiger partial charge on any atom is 0.187 e. The first-order chi connectivity index (χ1) is 10.8. The normalized spacial score (nSPS) is 11.0. The van der Waals surface area contributed by atoms with Crippen LogP contribution in [-0.2, 0) is 6.54 Å². The van der Waals surface area contributed by atoms with Crippen LogP contribution in [0.2, 0.25) is 0 Å². The number of hydrogen-bond acceptors (Lipinski definition) is 2. The second kappa shape index (κ2) is 8.95. The summed E-state index contributed by atoms with van der Waals surface area (Å²) >= 11 is 5.28. The first-order valence-corrected chi connectivity index (χ1v) is 7.90. The minimum absolute atomic E-state index is 0.536. The molecule has 4 heteroatoms. The molecular weight excluding hydrogens is 290 g/mol. The van der Waals surface area contributed by atoms with Crippen LogP contribution < -0.4 is 10.7 Å². The minimum Gasteiger partial charge on any atom is -0.357 e. The van der Waals surface area contributed by atoms with Gasteiger partial charge in [0.2, 0.25) is 0 Å². The molecule has 0 atom stereocenters. The number of hydrazone groups is 1. The van der Waals surface area contributed by atoms with Crippen molar-refractivity contribution >= 4 is 23.0 Å². The maximum absolute atomic E-state index is 5.28. The monoisotopic (exact) mass is 311 g/mol. The van der Waals surface area contributed by atoms with Gasteiger partial charge in [0.1, 0.15) is 0 Å². The second-order valence-corrected chi connectivity index (χ2v) is 5.36. The van der Waals surface area contributed by atoms with Gasteiger partial charge in [0.15, 0.2) is 5.11 Å². The highest BCUT2D eigenvalue weighted by Crippen LogP contribution is 2.06. The predicted octanol–water partition coefficient (Wildman–Crippen LogP) is 3.86. The Balaban J connectivity index is 1.91. The smallest absolute Gasteiger partial charge is 0.187 e. The molecule has 0 saturated heterocycles. The van der Waals surface area contributed by atoms with Gasteiger partial charge >= 0.3 is 0 Å². The van der Waals surface area contributed by atoms with Gasteiger partial charge in [-0.25, -0.2) is 0 Å². The molecule has 22 heavy (non-hydrogen) atoms. The van der Waals surface area contributed by atoms with E-state index in [1.807, 2.05) is 36.4 Å². The van der Waals surface area contributed by atoms with Gasteiger partial charge in [-0.2, -0.15) is 5.10 Å². The summed E-state index contributed by atoms with van der Waals surface area (Å²) in [5.41, 5.74) is 6.28. The van der Waals surface area contributed by atoms with E-state index in [0.29, 0.717) is 11.7 Å². The van der Waals surface area contributed by atoms with Crippen molar-refractivity contribution in [3.8, 4) is 0 Å². The molecule has 0 bridgehead atoms. The van der Waals surface area contributed by atoms with E-state index in [-0.39, 0.29) is 0 Å². The lowest BCUT2D eigenvalue weighted by molar-refractivity contribution is 0.860. The molecule has 3 nitrogen and oxygen atoms in total. The zero-order valence-electron chi connectivity index (χ0n) is 12.8. The molecule has 2 aromatic rings. The molecule has 0 aromatic heterocycles. The van der Waals surface area contributed by atoms with E-state index in [9.17, 15) is 0 Å². The fraction of sp³-hybridized carbons (Fsp3) is 0.222. The van der Waals surface area contributed by atoms with Crippen LogP contribution in [-0.4, -0.2) is 10.8 Å². The Bertz CT molecular complexity index is 609. The average Bonchev–Trinajstić information content (AvgIpc) is 2.58. The van der Waals surface area contributed by atoms with Crippen LogP contribution >= 0.6 is 12.2 Å². The van der Waals surface area contributed by atoms with Gasteiger partial charge in [0.25, 0.3) is 0 Å². The summed E-state index contributed by atoms with van der Waals surface area (Å²) in [6.45, 7) is 2.83. The molecule has 0 radical (unpaired) electrons. The standard InChI is InChI=1S/C18H21N3S/c1-2-9-17(16-12-7-4-8-13-16)20-21-18(22)19-14-15-10-5-3-6-11-15/h3-8,10-13H,2,9,14H2,1H3,(H2,19,21,22)/b20-17+. The van der Waals surface area contributed by atoms with Crippen molar-refractivity contribution in [1.29, 1.82) is 0 Å². The van der Waals surface area contributed by atoms with Gasteiger partial charge in [0, 0.05) is 6.54 Å². The van der Waals surface area contributed by atoms with Crippen molar-refractivity contribution in [1.82, 2.24) is 10.7 Å². The number of hydrogen-bond donors (Lipinski definition) is 2. The summed E-state index contributed by atoms with van der Waals surface area (Å²) in [5, 5.41) is 8.16. The van der Waals surface area contributed by atoms with E-state index < -0.39 is 0 Å². The maximum atomic E-state index is 5.28. The second-order valence-electron chi connectivity index (χ2n) is 4.95. The fourth-order valence-corrected chi connectivity index (χ4v) is 2.19. The molecule has 0 aliphatic carbocycles. The van der Waals surface area contributed by atoms with E-state index in [2.05, 4.69) is 47.0 Å². The lowest BCUT2D eigenvalue weighted by Gasteiger charge is -2.09. The molecule has 2 N–H and O–H groups in total. The third kappa shape index (κ3) is 5.30. The highest BCUT2D eigenvalue weighted by atomic mass is 32.1. The molecule has 0 spiro atoms. The SMILES string of the molecule is CCC/C(=N\NC(=S)NCc1ccccc1)c1ccccc1. The van der Waals surface area contributed by atoms with Crippen molar-refractivity contribution in [2.45, 2.75) is 26.3 Å². The van der Waals surface area contributed by atoms with Gasteiger partial charge < -0.3 is 5.32 Å². The number of nitrogens with zero attached hydrogens (tertiary/aromatic N) is 1. The zero-order valence-corrected chi connectivity index (χ0v) is 13.6. The van der Waals surface area contributed by atoms with Gasteiger partial charge in [0.05, 0.1) is 5.71 Å². The minimum atomic E-state index is 0.536. The molecule has 2 aromatic carbocycles. The molecule has 0 fully saturated rings. The molecule has 0 aliphatic rings. The van der Waals surface area contributed by atoms with Gasteiger partial charge in [-0.1, -0.05) is 74.0 Å². The Morgan fingerprint density at radius 3 is 2.27 bits per heavy atom. The fourth-order valence-electron chi connectivity index (χ4n) is 2.07. The van der Waals surface area contributed by atoms with Crippen LogP contribution in [0.15, 0.2) is 65.8 Å². The Morgan fingerprint density at radius 2 is 1.64 bits per heavy atom. The summed E-state index contributed by atoms with van der Waals surface area (Å²) in [4.78, 5) is 0. The number of nitrogens with one attached hydrogen (secondary N) is 2. The number of benzene rings is 2. The van der Waals surface area contributed by atoms with Crippen molar-refractivity contribution in [3.05, 3.63) is 71.8 Å². The molecule has 0 aliphatic heterocycles. The zero-order chi connectivity index (χ0) is 15.6. The number of rotatable bonds is 6. The van der Waals surface area contributed by atoms with Gasteiger partial charge in [-0.3, -0.25) is 5.43 Å². The summed E-state index contributed by atoms with van der Waals surface area (Å²) in [6.07, 6.45) is 1.96. The van der Waals surface area contributed by atoms with Crippen LogP contribution in [0.3, 0.4) is 0 Å². The van der Waals surface area contributed by atoms with Crippen molar-refractivity contribution in [3.63, 3.8) is 0 Å². The van der Waals surface area contributed by atoms with Gasteiger partial charge in [-0.05, 0) is 29.8 Å². The molecule has 0 amide bonds. The van der Waals surface area contributed by atoms with Crippen LogP contribution in [0.5, 0.6) is 0 Å². The largest absolute Gasteiger partial charge is 0.357 e. The van der Waals surface area contributed by atoms with E-state index in [1.165, 1.54) is 5.56 Å². The Morgan fingerprint density at radius 1 is 1.00 bits per heavy atom. The molecule has 114 valence electrons. The lowest BCUT2D eigenvalue weighted by Crippen LogP contribution is -2.32. The average molecular weight is 311 g/mol. The van der Waals surface area contributed by atoms with E-state index in [4.69, 9.17) is 12.2 Å². The Kier molecular flexibility index (Phi) is 6.58. The number of thiocarbonyl (C=S) groups is 1. The van der Waals surface area contributed by atoms with Crippen LogP contribution in [0, 0.1) is 0 Å². The first-order valence-electron chi connectivity index (χ1n) is 7.49. The van der Waals surface area contributed by atoms with E-state index in [0.717, 1.165) is 24.1 Å². The predicted molar refractivity (Wildman–Crippen MR) is 96.9 cm³/mol. The van der Waals surface area contributed by atoms with Crippen LogP contribution in [0.1, 0.15) is 30.9 Å². The third-order valence-electron chi connectivity index (χ3n) is 3.18. The first kappa shape index (κ1) is 16.2. The lowest BCUT2D eigenvalue weighted by atomic mass is 10.1. The molecule has 2 rings (SSSR count). The van der Waals surface area contributed by atoms with Crippen LogP contribution in [0.25, 0.3) is 0 Å².